The minimum atomic E-state index is -1.02. The van der Waals surface area contributed by atoms with E-state index in [9.17, 15) is 20.1 Å². The summed E-state index contributed by atoms with van der Waals surface area (Å²) in [6.45, 7) is 0. The molecule has 138 valence electrons. The summed E-state index contributed by atoms with van der Waals surface area (Å²) in [5.74, 6) is -0.293. The van der Waals surface area contributed by atoms with E-state index >= 15 is 0 Å². The highest BCUT2D eigenvalue weighted by molar-refractivity contribution is 5.72. The Hall–Kier alpha value is -3.47. The van der Waals surface area contributed by atoms with Gasteiger partial charge in [-0.05, 0) is 65.9 Å². The molecule has 0 heterocycles. The van der Waals surface area contributed by atoms with E-state index in [1.54, 1.807) is 12.1 Å². The molecule has 0 amide bonds. The highest BCUT2D eigenvalue weighted by Gasteiger charge is 2.19. The number of carboxylic acids is 1. The van der Waals surface area contributed by atoms with Gasteiger partial charge in [0.05, 0.1) is 0 Å². The summed E-state index contributed by atoms with van der Waals surface area (Å²) in [5.41, 5.74) is 3.03. The molecule has 0 aliphatic carbocycles. The van der Waals surface area contributed by atoms with Crippen molar-refractivity contribution >= 4 is 5.97 Å². The third-order valence-electron chi connectivity index (χ3n) is 4.24. The van der Waals surface area contributed by atoms with Gasteiger partial charge >= 0.3 is 5.97 Å². The fourth-order valence-electron chi connectivity index (χ4n) is 2.74. The maximum atomic E-state index is 11.5. The number of hydrogen-bond acceptors (Lipinski definition) is 4. The van der Waals surface area contributed by atoms with E-state index in [1.165, 1.54) is 24.3 Å². The van der Waals surface area contributed by atoms with Crippen LogP contribution in [0, 0.1) is 0 Å². The van der Waals surface area contributed by atoms with Crippen LogP contribution < -0.4 is 4.74 Å². The van der Waals surface area contributed by atoms with Crippen molar-refractivity contribution in [2.24, 2.45) is 0 Å². The minimum Gasteiger partial charge on any atom is -0.508 e. The summed E-state index contributed by atoms with van der Waals surface area (Å²) in [7, 11) is 0. The van der Waals surface area contributed by atoms with Gasteiger partial charge in [0.1, 0.15) is 17.2 Å². The van der Waals surface area contributed by atoms with Gasteiger partial charge < -0.3 is 20.1 Å². The molecule has 3 aromatic rings. The number of rotatable bonds is 7. The van der Waals surface area contributed by atoms with E-state index in [4.69, 9.17) is 4.74 Å². The molecule has 27 heavy (non-hydrogen) atoms. The van der Waals surface area contributed by atoms with Crippen LogP contribution in [0.2, 0.25) is 0 Å². The SMILES string of the molecule is O=C(O)C(CCc1ccc(-c2ccc(O)cc2)cc1)Oc1ccc(O)cc1. The van der Waals surface area contributed by atoms with E-state index in [1.807, 2.05) is 36.4 Å². The number of aliphatic carboxylic acids is 1. The number of benzene rings is 3. The van der Waals surface area contributed by atoms with E-state index in [0.717, 1.165) is 16.7 Å². The Balaban J connectivity index is 1.62. The fraction of sp³-hybridized carbons (Fsp3) is 0.136. The lowest BCUT2D eigenvalue weighted by Gasteiger charge is -2.15. The standard InChI is InChI=1S/C22H20O5/c23-18-8-6-17(7-9-18)16-4-1-15(2-5-16)3-14-21(22(25)26)27-20-12-10-19(24)11-13-20/h1-2,4-13,21,23-24H,3,14H2,(H,25,26). The second kappa shape index (κ2) is 8.27. The van der Waals surface area contributed by atoms with E-state index in [2.05, 4.69) is 0 Å². The smallest absolute Gasteiger partial charge is 0.344 e. The number of aryl methyl sites for hydroxylation is 1. The van der Waals surface area contributed by atoms with Crippen molar-refractivity contribution < 1.29 is 24.9 Å². The van der Waals surface area contributed by atoms with Gasteiger partial charge in [0, 0.05) is 0 Å². The van der Waals surface area contributed by atoms with Crippen LogP contribution in [-0.2, 0) is 11.2 Å². The van der Waals surface area contributed by atoms with Crippen LogP contribution in [0.1, 0.15) is 12.0 Å². The Morgan fingerprint density at radius 1 is 0.778 bits per heavy atom. The quantitative estimate of drug-likeness (QED) is 0.584. The number of ether oxygens (including phenoxy) is 1. The zero-order valence-electron chi connectivity index (χ0n) is 14.6. The first kappa shape index (κ1) is 18.3. The predicted octanol–water partition coefficient (Wildman–Crippen LogP) is 4.23. The van der Waals surface area contributed by atoms with Crippen molar-refractivity contribution in [1.82, 2.24) is 0 Å². The number of carbonyl (C=O) groups is 1. The first-order valence-corrected chi connectivity index (χ1v) is 8.58. The third kappa shape index (κ3) is 5.01. The molecule has 3 N–H and O–H groups in total. The van der Waals surface area contributed by atoms with Crippen LogP contribution in [0.4, 0.5) is 0 Å². The molecule has 3 aromatic carbocycles. The third-order valence-corrected chi connectivity index (χ3v) is 4.24. The summed E-state index contributed by atoms with van der Waals surface area (Å²) < 4.78 is 5.52. The summed E-state index contributed by atoms with van der Waals surface area (Å²) in [4.78, 5) is 11.5. The van der Waals surface area contributed by atoms with Crippen LogP contribution in [0.3, 0.4) is 0 Å². The van der Waals surface area contributed by atoms with Crippen LogP contribution in [-0.4, -0.2) is 27.4 Å². The van der Waals surface area contributed by atoms with Gasteiger partial charge in [-0.2, -0.15) is 0 Å². The maximum absolute atomic E-state index is 11.5. The summed E-state index contributed by atoms with van der Waals surface area (Å²) in [6.07, 6.45) is -0.0778. The van der Waals surface area contributed by atoms with E-state index in [0.29, 0.717) is 18.6 Å². The molecule has 0 aliphatic heterocycles. The zero-order chi connectivity index (χ0) is 19.2. The molecule has 3 rings (SSSR count). The molecule has 0 bridgehead atoms. The molecule has 0 radical (unpaired) electrons. The summed E-state index contributed by atoms with van der Waals surface area (Å²) in [6, 6.07) is 20.8. The number of phenolic OH excluding ortho intramolecular Hbond substituents is 2. The molecule has 5 nitrogen and oxygen atoms in total. The number of aromatic hydroxyl groups is 2. The molecule has 0 aliphatic rings. The summed E-state index contributed by atoms with van der Waals surface area (Å²) in [5, 5.41) is 28.0. The van der Waals surface area contributed by atoms with Crippen molar-refractivity contribution in [3.8, 4) is 28.4 Å². The maximum Gasteiger partial charge on any atom is 0.344 e. The van der Waals surface area contributed by atoms with Gasteiger partial charge in [-0.3, -0.25) is 0 Å². The second-order valence-corrected chi connectivity index (χ2v) is 6.22. The van der Waals surface area contributed by atoms with Gasteiger partial charge in [0.15, 0.2) is 6.10 Å². The topological polar surface area (TPSA) is 87.0 Å². The van der Waals surface area contributed by atoms with Gasteiger partial charge in [0.2, 0.25) is 0 Å². The van der Waals surface area contributed by atoms with Crippen LogP contribution >= 0.6 is 0 Å². The van der Waals surface area contributed by atoms with Gasteiger partial charge in [-0.25, -0.2) is 4.79 Å². The molecule has 0 fully saturated rings. The fourth-order valence-corrected chi connectivity index (χ4v) is 2.74. The molecule has 0 saturated heterocycles. The number of phenols is 2. The van der Waals surface area contributed by atoms with Crippen LogP contribution in [0.15, 0.2) is 72.8 Å². The largest absolute Gasteiger partial charge is 0.508 e. The first-order chi connectivity index (χ1) is 13.0. The molecule has 5 heteroatoms. The van der Waals surface area contributed by atoms with Crippen molar-refractivity contribution in [2.75, 3.05) is 0 Å². The molecule has 0 saturated carbocycles. The Kier molecular flexibility index (Phi) is 5.61. The van der Waals surface area contributed by atoms with Crippen molar-refractivity contribution in [2.45, 2.75) is 18.9 Å². The monoisotopic (exact) mass is 364 g/mol. The lowest BCUT2D eigenvalue weighted by atomic mass is 10.0. The first-order valence-electron chi connectivity index (χ1n) is 8.58. The highest BCUT2D eigenvalue weighted by atomic mass is 16.5. The highest BCUT2D eigenvalue weighted by Crippen LogP contribution is 2.23. The Morgan fingerprint density at radius 2 is 1.26 bits per heavy atom. The summed E-state index contributed by atoms with van der Waals surface area (Å²) >= 11 is 0. The minimum absolute atomic E-state index is 0.0999. The van der Waals surface area contributed by atoms with Gasteiger partial charge in [0.25, 0.3) is 0 Å². The lowest BCUT2D eigenvalue weighted by molar-refractivity contribution is -0.145. The molecule has 1 unspecified atom stereocenters. The zero-order valence-corrected chi connectivity index (χ0v) is 14.6. The Labute approximate surface area is 157 Å². The van der Waals surface area contributed by atoms with Gasteiger partial charge in [-0.15, -0.1) is 0 Å². The molecule has 0 spiro atoms. The second-order valence-electron chi connectivity index (χ2n) is 6.22. The van der Waals surface area contributed by atoms with Crippen molar-refractivity contribution in [3.05, 3.63) is 78.4 Å². The molecule has 0 aromatic heterocycles. The van der Waals surface area contributed by atoms with E-state index < -0.39 is 12.1 Å². The average molecular weight is 364 g/mol. The molecular weight excluding hydrogens is 344 g/mol. The number of hydrogen-bond donors (Lipinski definition) is 3. The van der Waals surface area contributed by atoms with Crippen molar-refractivity contribution in [1.29, 1.82) is 0 Å². The average Bonchev–Trinajstić information content (AvgIpc) is 2.67. The molecule has 1 atom stereocenters. The lowest BCUT2D eigenvalue weighted by Crippen LogP contribution is -2.27. The normalized spacial score (nSPS) is 11.7. The predicted molar refractivity (Wildman–Crippen MR) is 102 cm³/mol. The van der Waals surface area contributed by atoms with Crippen LogP contribution in [0.25, 0.3) is 11.1 Å². The Morgan fingerprint density at radius 3 is 1.78 bits per heavy atom. The van der Waals surface area contributed by atoms with Crippen LogP contribution in [0.5, 0.6) is 17.2 Å². The van der Waals surface area contributed by atoms with Crippen molar-refractivity contribution in [3.63, 3.8) is 0 Å². The van der Waals surface area contributed by atoms with Gasteiger partial charge in [-0.1, -0.05) is 36.4 Å². The Bertz CT molecular complexity index is 883. The molecular formula is C22H20O5. The van der Waals surface area contributed by atoms with E-state index in [-0.39, 0.29) is 11.5 Å². The number of carboxylic acid groups (broad SMARTS) is 1.